The molecule has 0 unspecified atom stereocenters. The average Bonchev–Trinajstić information content (AvgIpc) is 2.61. The summed E-state index contributed by atoms with van der Waals surface area (Å²) in [7, 11) is -3.22. The molecule has 1 rings (SSSR count). The van der Waals surface area contributed by atoms with Crippen LogP contribution in [0, 0.1) is 0 Å². The van der Waals surface area contributed by atoms with E-state index in [4.69, 9.17) is 4.42 Å². The number of nitrogens with one attached hydrogen (secondary N) is 1. The van der Waals surface area contributed by atoms with Crippen LogP contribution in [0.25, 0.3) is 0 Å². The second-order valence-electron chi connectivity index (χ2n) is 4.18. The molecular weight excluding hydrogens is 228 g/mol. The van der Waals surface area contributed by atoms with Gasteiger partial charge in [0.1, 0.15) is 10.5 Å². The maximum Gasteiger partial charge on any atom is 0.208 e. The average molecular weight is 246 g/mol. The number of rotatable bonds is 5. The third-order valence-electron chi connectivity index (χ3n) is 2.60. The van der Waals surface area contributed by atoms with Crippen molar-refractivity contribution < 1.29 is 12.8 Å². The van der Waals surface area contributed by atoms with Gasteiger partial charge in [-0.05, 0) is 20.4 Å². The summed E-state index contributed by atoms with van der Waals surface area (Å²) in [6.45, 7) is 6.52. The number of aromatic nitrogens is 1. The molecule has 6 heteroatoms. The van der Waals surface area contributed by atoms with E-state index in [1.54, 1.807) is 13.8 Å². The second-order valence-corrected chi connectivity index (χ2v) is 6.75. The Morgan fingerprint density at radius 3 is 2.62 bits per heavy atom. The summed E-state index contributed by atoms with van der Waals surface area (Å²) in [5, 5.41) is 3.06. The molecule has 0 aliphatic rings. The summed E-state index contributed by atoms with van der Waals surface area (Å²) < 4.78 is 27.5. The minimum Gasteiger partial charge on any atom is -0.443 e. The number of oxazole rings is 1. The van der Waals surface area contributed by atoms with Crippen LogP contribution in [0.2, 0.25) is 0 Å². The van der Waals surface area contributed by atoms with Gasteiger partial charge in [-0.3, -0.25) is 0 Å². The van der Waals surface area contributed by atoms with Crippen LogP contribution < -0.4 is 5.32 Å². The highest BCUT2D eigenvalue weighted by atomic mass is 32.2. The van der Waals surface area contributed by atoms with E-state index in [2.05, 4.69) is 10.3 Å². The Balaban J connectivity index is 2.94. The van der Waals surface area contributed by atoms with Gasteiger partial charge in [0.25, 0.3) is 0 Å². The minimum absolute atomic E-state index is 0.378. The number of hydrogen-bond acceptors (Lipinski definition) is 5. The standard InChI is InChI=1S/C10H18N2O3S/c1-5-11-7-9-12-6-8(15-9)10(2,3)16(4,13)14/h6,11H,5,7H2,1-4H3. The molecule has 1 N–H and O–H groups in total. The third kappa shape index (κ3) is 2.62. The molecule has 0 fully saturated rings. The van der Waals surface area contributed by atoms with E-state index in [1.165, 1.54) is 12.5 Å². The zero-order chi connectivity index (χ0) is 12.4. The van der Waals surface area contributed by atoms with Gasteiger partial charge in [-0.15, -0.1) is 0 Å². The van der Waals surface area contributed by atoms with E-state index >= 15 is 0 Å². The first kappa shape index (κ1) is 13.2. The lowest BCUT2D eigenvalue weighted by Gasteiger charge is -2.18. The zero-order valence-corrected chi connectivity index (χ0v) is 10.9. The van der Waals surface area contributed by atoms with Gasteiger partial charge in [0, 0.05) is 6.26 Å². The fraction of sp³-hybridized carbons (Fsp3) is 0.700. The predicted molar refractivity (Wildman–Crippen MR) is 61.8 cm³/mol. The summed E-state index contributed by atoms with van der Waals surface area (Å²) in [6, 6.07) is 0. The highest BCUT2D eigenvalue weighted by Gasteiger charge is 2.36. The molecule has 0 aromatic carbocycles. The lowest BCUT2D eigenvalue weighted by atomic mass is 10.2. The smallest absolute Gasteiger partial charge is 0.208 e. The molecule has 0 radical (unpaired) electrons. The monoisotopic (exact) mass is 246 g/mol. The number of nitrogens with zero attached hydrogens (tertiary/aromatic N) is 1. The van der Waals surface area contributed by atoms with Gasteiger partial charge in [-0.2, -0.15) is 0 Å². The molecule has 92 valence electrons. The van der Waals surface area contributed by atoms with Crippen LogP contribution in [-0.2, 0) is 21.1 Å². The van der Waals surface area contributed by atoms with E-state index in [0.717, 1.165) is 6.54 Å². The summed E-state index contributed by atoms with van der Waals surface area (Å²) in [4.78, 5) is 4.04. The van der Waals surface area contributed by atoms with Gasteiger partial charge in [0.05, 0.1) is 12.7 Å². The highest BCUT2D eigenvalue weighted by molar-refractivity contribution is 7.91. The van der Waals surface area contributed by atoms with E-state index in [0.29, 0.717) is 18.2 Å². The predicted octanol–water partition coefficient (Wildman–Crippen LogP) is 1.06. The van der Waals surface area contributed by atoms with Gasteiger partial charge in [-0.25, -0.2) is 13.4 Å². The first-order chi connectivity index (χ1) is 7.29. The second kappa shape index (κ2) is 4.55. The molecule has 0 saturated carbocycles. The topological polar surface area (TPSA) is 72.2 Å². The van der Waals surface area contributed by atoms with Crippen LogP contribution in [0.3, 0.4) is 0 Å². The van der Waals surface area contributed by atoms with Crippen molar-refractivity contribution in [2.75, 3.05) is 12.8 Å². The van der Waals surface area contributed by atoms with Crippen LogP contribution in [0.4, 0.5) is 0 Å². The number of hydrogen-bond donors (Lipinski definition) is 1. The van der Waals surface area contributed by atoms with Crippen LogP contribution in [0.15, 0.2) is 10.6 Å². The highest BCUT2D eigenvalue weighted by Crippen LogP contribution is 2.29. The molecular formula is C10H18N2O3S. The maximum atomic E-state index is 11.6. The van der Waals surface area contributed by atoms with Crippen LogP contribution in [0.5, 0.6) is 0 Å². The fourth-order valence-corrected chi connectivity index (χ4v) is 1.54. The first-order valence-electron chi connectivity index (χ1n) is 5.14. The van der Waals surface area contributed by atoms with Crippen molar-refractivity contribution in [2.24, 2.45) is 0 Å². The van der Waals surface area contributed by atoms with E-state index in [9.17, 15) is 8.42 Å². The van der Waals surface area contributed by atoms with Crippen molar-refractivity contribution >= 4 is 9.84 Å². The molecule has 1 heterocycles. The molecule has 0 saturated heterocycles. The summed E-state index contributed by atoms with van der Waals surface area (Å²) >= 11 is 0. The molecule has 16 heavy (non-hydrogen) atoms. The van der Waals surface area contributed by atoms with Gasteiger partial charge in [-0.1, -0.05) is 6.92 Å². The van der Waals surface area contributed by atoms with E-state index in [-0.39, 0.29) is 0 Å². The van der Waals surface area contributed by atoms with Crippen molar-refractivity contribution in [1.82, 2.24) is 10.3 Å². The van der Waals surface area contributed by atoms with Gasteiger partial charge in [0.15, 0.2) is 9.84 Å². The first-order valence-corrected chi connectivity index (χ1v) is 7.03. The summed E-state index contributed by atoms with van der Waals surface area (Å²) in [5.74, 6) is 0.886. The fourth-order valence-electron chi connectivity index (χ4n) is 1.08. The zero-order valence-electron chi connectivity index (χ0n) is 10.1. The summed E-state index contributed by atoms with van der Waals surface area (Å²) in [5.41, 5.74) is 0. The maximum absolute atomic E-state index is 11.6. The van der Waals surface area contributed by atoms with Gasteiger partial charge in [0.2, 0.25) is 5.89 Å². The van der Waals surface area contributed by atoms with Crippen LogP contribution in [-0.4, -0.2) is 26.2 Å². The Labute approximate surface area is 96.2 Å². The molecule has 0 bridgehead atoms. The molecule has 0 spiro atoms. The molecule has 0 aliphatic carbocycles. The van der Waals surface area contributed by atoms with Crippen molar-refractivity contribution in [1.29, 1.82) is 0 Å². The Bertz CT molecular complexity index is 448. The lowest BCUT2D eigenvalue weighted by molar-refractivity contribution is 0.404. The normalized spacial score (nSPS) is 13.0. The molecule has 5 nitrogen and oxygen atoms in total. The van der Waals surface area contributed by atoms with Crippen molar-refractivity contribution in [3.05, 3.63) is 17.8 Å². The molecule has 0 atom stereocenters. The SMILES string of the molecule is CCNCc1ncc(C(C)(C)S(C)(=O)=O)o1. The Kier molecular flexibility index (Phi) is 3.75. The Hall–Kier alpha value is -0.880. The van der Waals surface area contributed by atoms with Crippen molar-refractivity contribution in [3.63, 3.8) is 0 Å². The summed E-state index contributed by atoms with van der Waals surface area (Å²) in [6.07, 6.45) is 2.67. The number of sulfone groups is 1. The van der Waals surface area contributed by atoms with Crippen LogP contribution in [0.1, 0.15) is 32.4 Å². The quantitative estimate of drug-likeness (QED) is 0.841. The Morgan fingerprint density at radius 1 is 1.50 bits per heavy atom. The minimum atomic E-state index is -3.22. The molecule has 1 aromatic rings. The van der Waals surface area contributed by atoms with Crippen molar-refractivity contribution in [3.8, 4) is 0 Å². The molecule has 0 amide bonds. The van der Waals surface area contributed by atoms with Crippen LogP contribution >= 0.6 is 0 Å². The van der Waals surface area contributed by atoms with Crippen molar-refractivity contribution in [2.45, 2.75) is 32.1 Å². The third-order valence-corrected chi connectivity index (χ3v) is 4.66. The molecule has 0 aliphatic heterocycles. The lowest BCUT2D eigenvalue weighted by Crippen LogP contribution is -2.27. The molecule has 1 aromatic heterocycles. The van der Waals surface area contributed by atoms with Gasteiger partial charge < -0.3 is 9.73 Å². The largest absolute Gasteiger partial charge is 0.443 e. The van der Waals surface area contributed by atoms with Gasteiger partial charge >= 0.3 is 0 Å². The van der Waals surface area contributed by atoms with E-state index < -0.39 is 14.6 Å². The Morgan fingerprint density at radius 2 is 2.12 bits per heavy atom. The van der Waals surface area contributed by atoms with E-state index in [1.807, 2.05) is 6.92 Å².